The summed E-state index contributed by atoms with van der Waals surface area (Å²) in [6.07, 6.45) is 3.64. The highest BCUT2D eigenvalue weighted by Crippen LogP contribution is 2.32. The third-order valence-corrected chi connectivity index (χ3v) is 3.53. The van der Waals surface area contributed by atoms with Crippen LogP contribution in [0, 0.1) is 0 Å². The van der Waals surface area contributed by atoms with Crippen molar-refractivity contribution in [3.63, 3.8) is 0 Å². The molecule has 0 saturated heterocycles. The molecule has 0 bridgehead atoms. The Labute approximate surface area is 111 Å². The Hall–Kier alpha value is -2.36. The number of para-hydroxylation sites is 1. The number of fused-ring (bicyclic) bond motifs is 1. The van der Waals surface area contributed by atoms with Crippen molar-refractivity contribution in [2.45, 2.75) is 12.3 Å². The zero-order valence-corrected chi connectivity index (χ0v) is 10.5. The quantitative estimate of drug-likeness (QED) is 0.877. The standard InChI is InChI=1S/C15H15N3O/c16-13-5-6-17-8-10(13)7-15(19)12-9-18-14-4-2-1-3-11(12)14/h1-6,8,12,18H,7,9H2,(H2,16,17). The van der Waals surface area contributed by atoms with E-state index in [2.05, 4.69) is 10.3 Å². The molecule has 4 nitrogen and oxygen atoms in total. The Morgan fingerprint density at radius 1 is 1.37 bits per heavy atom. The number of nitrogen functional groups attached to an aromatic ring is 1. The first kappa shape index (κ1) is 11.7. The van der Waals surface area contributed by atoms with Crippen molar-refractivity contribution >= 4 is 17.2 Å². The number of ketones is 1. The van der Waals surface area contributed by atoms with Crippen molar-refractivity contribution in [3.05, 3.63) is 53.9 Å². The van der Waals surface area contributed by atoms with E-state index in [1.807, 2.05) is 24.3 Å². The Morgan fingerprint density at radius 2 is 2.21 bits per heavy atom. The number of carbonyl (C=O) groups excluding carboxylic acids is 1. The second-order valence-corrected chi connectivity index (χ2v) is 4.74. The zero-order valence-electron chi connectivity index (χ0n) is 10.5. The first-order valence-electron chi connectivity index (χ1n) is 6.29. The number of benzene rings is 1. The molecule has 0 saturated carbocycles. The van der Waals surface area contributed by atoms with E-state index in [0.717, 1.165) is 16.8 Å². The molecule has 19 heavy (non-hydrogen) atoms. The molecule has 3 rings (SSSR count). The van der Waals surface area contributed by atoms with Crippen LogP contribution >= 0.6 is 0 Å². The number of rotatable bonds is 3. The zero-order chi connectivity index (χ0) is 13.2. The Kier molecular flexibility index (Phi) is 2.91. The van der Waals surface area contributed by atoms with E-state index in [9.17, 15) is 4.79 Å². The lowest BCUT2D eigenvalue weighted by Crippen LogP contribution is -2.17. The molecule has 1 atom stereocenters. The fourth-order valence-corrected chi connectivity index (χ4v) is 2.47. The van der Waals surface area contributed by atoms with Gasteiger partial charge in [0.2, 0.25) is 0 Å². The van der Waals surface area contributed by atoms with Crippen LogP contribution < -0.4 is 11.1 Å². The third-order valence-electron chi connectivity index (χ3n) is 3.53. The molecule has 4 heteroatoms. The highest BCUT2D eigenvalue weighted by Gasteiger charge is 2.28. The molecular formula is C15H15N3O. The van der Waals surface area contributed by atoms with E-state index >= 15 is 0 Å². The molecule has 1 aromatic carbocycles. The number of nitrogens with two attached hydrogens (primary N) is 1. The number of aromatic nitrogens is 1. The predicted molar refractivity (Wildman–Crippen MR) is 75.0 cm³/mol. The number of hydrogen-bond donors (Lipinski definition) is 2. The fraction of sp³-hybridized carbons (Fsp3) is 0.200. The lowest BCUT2D eigenvalue weighted by Gasteiger charge is -2.10. The van der Waals surface area contributed by atoms with E-state index in [4.69, 9.17) is 5.73 Å². The van der Waals surface area contributed by atoms with E-state index in [1.165, 1.54) is 0 Å². The van der Waals surface area contributed by atoms with Crippen molar-refractivity contribution < 1.29 is 4.79 Å². The topological polar surface area (TPSA) is 68.0 Å². The summed E-state index contributed by atoms with van der Waals surface area (Å²) >= 11 is 0. The average Bonchev–Trinajstić information content (AvgIpc) is 2.85. The lowest BCUT2D eigenvalue weighted by atomic mass is 9.93. The van der Waals surface area contributed by atoms with Crippen molar-refractivity contribution in [1.82, 2.24) is 4.98 Å². The monoisotopic (exact) mass is 253 g/mol. The van der Waals surface area contributed by atoms with Gasteiger partial charge in [0.25, 0.3) is 0 Å². The predicted octanol–water partition coefficient (Wildman–Crippen LogP) is 1.98. The number of nitrogens with zero attached hydrogens (tertiary/aromatic N) is 1. The van der Waals surface area contributed by atoms with Crippen LogP contribution in [0.5, 0.6) is 0 Å². The summed E-state index contributed by atoms with van der Waals surface area (Å²) in [7, 11) is 0. The van der Waals surface area contributed by atoms with E-state index in [1.54, 1.807) is 18.5 Å². The van der Waals surface area contributed by atoms with Crippen LogP contribution in [0.25, 0.3) is 0 Å². The minimum Gasteiger partial charge on any atom is -0.398 e. The van der Waals surface area contributed by atoms with Crippen molar-refractivity contribution in [3.8, 4) is 0 Å². The minimum absolute atomic E-state index is 0.0872. The molecule has 0 radical (unpaired) electrons. The van der Waals surface area contributed by atoms with Crippen LogP contribution in [0.3, 0.4) is 0 Å². The van der Waals surface area contributed by atoms with Crippen molar-refractivity contribution in [2.24, 2.45) is 0 Å². The molecule has 0 aliphatic carbocycles. The van der Waals surface area contributed by atoms with Crippen molar-refractivity contribution in [2.75, 3.05) is 17.6 Å². The molecule has 1 unspecified atom stereocenters. The normalized spacial score (nSPS) is 16.7. The van der Waals surface area contributed by atoms with Crippen LogP contribution in [-0.2, 0) is 11.2 Å². The SMILES string of the molecule is Nc1ccncc1CC(=O)C1CNc2ccccc21. The van der Waals surface area contributed by atoms with Crippen LogP contribution in [-0.4, -0.2) is 17.3 Å². The number of pyridine rings is 1. The highest BCUT2D eigenvalue weighted by molar-refractivity contribution is 5.92. The molecule has 0 amide bonds. The first-order chi connectivity index (χ1) is 9.25. The minimum atomic E-state index is -0.0872. The number of anilines is 2. The first-order valence-corrected chi connectivity index (χ1v) is 6.29. The fourth-order valence-electron chi connectivity index (χ4n) is 2.47. The summed E-state index contributed by atoms with van der Waals surface area (Å²) in [5, 5.41) is 3.26. The van der Waals surface area contributed by atoms with Crippen LogP contribution in [0.2, 0.25) is 0 Å². The summed E-state index contributed by atoms with van der Waals surface area (Å²) in [5.41, 5.74) is 9.42. The number of carbonyl (C=O) groups is 1. The second-order valence-electron chi connectivity index (χ2n) is 4.74. The summed E-state index contributed by atoms with van der Waals surface area (Å²) < 4.78 is 0. The van der Waals surface area contributed by atoms with Gasteiger partial charge in [0.05, 0.1) is 5.92 Å². The Bertz CT molecular complexity index is 624. The van der Waals surface area contributed by atoms with Gasteiger partial charge in [-0.2, -0.15) is 0 Å². The van der Waals surface area contributed by atoms with Crippen LogP contribution in [0.1, 0.15) is 17.0 Å². The molecule has 1 aliphatic heterocycles. The Balaban J connectivity index is 1.81. The molecule has 96 valence electrons. The van der Waals surface area contributed by atoms with Crippen LogP contribution in [0.4, 0.5) is 11.4 Å². The third kappa shape index (κ3) is 2.17. The van der Waals surface area contributed by atoms with Gasteiger partial charge >= 0.3 is 0 Å². The number of Topliss-reactive ketones (excluding diaryl/α,β-unsaturated/α-hetero) is 1. The molecule has 0 spiro atoms. The van der Waals surface area contributed by atoms with Crippen LogP contribution in [0.15, 0.2) is 42.7 Å². The maximum atomic E-state index is 12.4. The van der Waals surface area contributed by atoms with Gasteiger partial charge in [0.15, 0.2) is 0 Å². The molecule has 0 fully saturated rings. The second kappa shape index (κ2) is 4.72. The average molecular weight is 253 g/mol. The summed E-state index contributed by atoms with van der Waals surface area (Å²) in [6.45, 7) is 0.665. The maximum absolute atomic E-state index is 12.4. The maximum Gasteiger partial charge on any atom is 0.146 e. The van der Waals surface area contributed by atoms with Gasteiger partial charge in [-0.05, 0) is 17.7 Å². The molecule has 1 aliphatic rings. The molecule has 3 N–H and O–H groups in total. The highest BCUT2D eigenvalue weighted by atomic mass is 16.1. The summed E-state index contributed by atoms with van der Waals surface area (Å²) in [6, 6.07) is 9.66. The van der Waals surface area contributed by atoms with Gasteiger partial charge in [-0.3, -0.25) is 9.78 Å². The smallest absolute Gasteiger partial charge is 0.146 e. The van der Waals surface area contributed by atoms with E-state index in [-0.39, 0.29) is 11.7 Å². The molecule has 1 aromatic heterocycles. The van der Waals surface area contributed by atoms with Gasteiger partial charge in [0.1, 0.15) is 5.78 Å². The Morgan fingerprint density at radius 3 is 3.05 bits per heavy atom. The van der Waals surface area contributed by atoms with Gasteiger partial charge in [0, 0.05) is 42.3 Å². The van der Waals surface area contributed by atoms with E-state index < -0.39 is 0 Å². The number of hydrogen-bond acceptors (Lipinski definition) is 4. The lowest BCUT2D eigenvalue weighted by molar-refractivity contribution is -0.119. The number of nitrogens with one attached hydrogen (secondary N) is 1. The molecule has 2 aromatic rings. The molecule has 2 heterocycles. The molecular weight excluding hydrogens is 238 g/mol. The van der Waals surface area contributed by atoms with E-state index in [0.29, 0.717) is 18.7 Å². The van der Waals surface area contributed by atoms with Gasteiger partial charge in [-0.1, -0.05) is 18.2 Å². The summed E-state index contributed by atoms with van der Waals surface area (Å²) in [4.78, 5) is 16.4. The summed E-state index contributed by atoms with van der Waals surface area (Å²) in [5.74, 6) is 0.0907. The van der Waals surface area contributed by atoms with Crippen molar-refractivity contribution in [1.29, 1.82) is 0 Å². The van der Waals surface area contributed by atoms with Gasteiger partial charge < -0.3 is 11.1 Å². The van der Waals surface area contributed by atoms with Gasteiger partial charge in [-0.15, -0.1) is 0 Å². The largest absolute Gasteiger partial charge is 0.398 e. The van der Waals surface area contributed by atoms with Gasteiger partial charge in [-0.25, -0.2) is 0 Å².